The van der Waals surface area contributed by atoms with E-state index in [-0.39, 0.29) is 0 Å². The molecule has 23 heavy (non-hydrogen) atoms. The van der Waals surface area contributed by atoms with Gasteiger partial charge in [0.05, 0.1) is 13.7 Å². The van der Waals surface area contributed by atoms with E-state index in [1.165, 1.54) is 7.11 Å². The fourth-order valence-corrected chi connectivity index (χ4v) is 2.02. The number of hydrogen-bond acceptors (Lipinski definition) is 5. The van der Waals surface area contributed by atoms with Crippen molar-refractivity contribution in [3.05, 3.63) is 48.0 Å². The highest BCUT2D eigenvalue weighted by Gasteiger charge is 2.07. The zero-order valence-corrected chi connectivity index (χ0v) is 13.3. The van der Waals surface area contributed by atoms with Crippen LogP contribution in [0.1, 0.15) is 17.3 Å². The SMILES string of the molecule is CCOc1ccccc1OCCOc1ccc(C=O)cc1OC. The Morgan fingerprint density at radius 1 is 0.870 bits per heavy atom. The molecule has 0 atom stereocenters. The number of carbonyl (C=O) groups excluding carboxylic acids is 1. The number of methoxy groups -OCH3 is 1. The van der Waals surface area contributed by atoms with Gasteiger partial charge in [-0.15, -0.1) is 0 Å². The summed E-state index contributed by atoms with van der Waals surface area (Å²) in [6, 6.07) is 12.5. The summed E-state index contributed by atoms with van der Waals surface area (Å²) < 4.78 is 22.0. The van der Waals surface area contributed by atoms with Crippen molar-refractivity contribution in [3.63, 3.8) is 0 Å². The lowest BCUT2D eigenvalue weighted by molar-refractivity contribution is 0.112. The minimum atomic E-state index is 0.344. The number of rotatable bonds is 9. The molecule has 0 N–H and O–H groups in total. The molecule has 5 heteroatoms. The smallest absolute Gasteiger partial charge is 0.161 e. The lowest BCUT2D eigenvalue weighted by Crippen LogP contribution is -2.10. The monoisotopic (exact) mass is 316 g/mol. The van der Waals surface area contributed by atoms with Crippen LogP contribution in [0.5, 0.6) is 23.0 Å². The Labute approximate surface area is 135 Å². The molecule has 0 amide bonds. The van der Waals surface area contributed by atoms with Crippen LogP contribution in [0, 0.1) is 0 Å². The fraction of sp³-hybridized carbons (Fsp3) is 0.278. The minimum Gasteiger partial charge on any atom is -0.493 e. The Balaban J connectivity index is 1.89. The predicted molar refractivity (Wildman–Crippen MR) is 87.0 cm³/mol. The van der Waals surface area contributed by atoms with E-state index in [9.17, 15) is 4.79 Å². The molecular weight excluding hydrogens is 296 g/mol. The van der Waals surface area contributed by atoms with Crippen LogP contribution < -0.4 is 18.9 Å². The lowest BCUT2D eigenvalue weighted by Gasteiger charge is -2.13. The van der Waals surface area contributed by atoms with Gasteiger partial charge in [0.2, 0.25) is 0 Å². The van der Waals surface area contributed by atoms with Crippen LogP contribution in [0.25, 0.3) is 0 Å². The van der Waals surface area contributed by atoms with Crippen molar-refractivity contribution in [3.8, 4) is 23.0 Å². The van der Waals surface area contributed by atoms with Crippen LogP contribution in [0.2, 0.25) is 0 Å². The second-order valence-electron chi connectivity index (χ2n) is 4.60. The highest BCUT2D eigenvalue weighted by atomic mass is 16.5. The Kier molecular flexibility index (Phi) is 6.29. The molecule has 0 aliphatic heterocycles. The van der Waals surface area contributed by atoms with Crippen molar-refractivity contribution in [2.24, 2.45) is 0 Å². The molecular formula is C18H20O5. The fourth-order valence-electron chi connectivity index (χ4n) is 2.02. The van der Waals surface area contributed by atoms with Gasteiger partial charge >= 0.3 is 0 Å². The summed E-state index contributed by atoms with van der Waals surface area (Å²) in [6.45, 7) is 3.21. The van der Waals surface area contributed by atoms with E-state index in [0.29, 0.717) is 48.4 Å². The first kappa shape index (κ1) is 16.7. The molecule has 5 nitrogen and oxygen atoms in total. The maximum Gasteiger partial charge on any atom is 0.161 e. The van der Waals surface area contributed by atoms with Gasteiger partial charge in [-0.05, 0) is 37.3 Å². The predicted octanol–water partition coefficient (Wildman–Crippen LogP) is 3.36. The van der Waals surface area contributed by atoms with E-state index in [1.54, 1.807) is 18.2 Å². The second kappa shape index (κ2) is 8.68. The van der Waals surface area contributed by atoms with Crippen molar-refractivity contribution < 1.29 is 23.7 Å². The standard InChI is InChI=1S/C18H20O5/c1-3-21-15-6-4-5-7-16(15)22-10-11-23-17-9-8-14(13-19)12-18(17)20-2/h4-9,12-13H,3,10-11H2,1-2H3. The number of aldehydes is 1. The highest BCUT2D eigenvalue weighted by Crippen LogP contribution is 2.28. The molecule has 2 rings (SSSR count). The summed E-state index contributed by atoms with van der Waals surface area (Å²) in [4.78, 5) is 10.8. The average Bonchev–Trinajstić information content (AvgIpc) is 2.60. The van der Waals surface area contributed by atoms with Gasteiger partial charge in [-0.3, -0.25) is 4.79 Å². The summed E-state index contributed by atoms with van der Waals surface area (Å²) in [5, 5.41) is 0. The van der Waals surface area contributed by atoms with Crippen LogP contribution in [-0.2, 0) is 0 Å². The van der Waals surface area contributed by atoms with Gasteiger partial charge in [0, 0.05) is 5.56 Å². The Morgan fingerprint density at radius 3 is 2.04 bits per heavy atom. The summed E-state index contributed by atoms with van der Waals surface area (Å²) in [6.07, 6.45) is 0.764. The van der Waals surface area contributed by atoms with Crippen molar-refractivity contribution in [1.82, 2.24) is 0 Å². The molecule has 0 saturated carbocycles. The summed E-state index contributed by atoms with van der Waals surface area (Å²) in [7, 11) is 1.53. The maximum atomic E-state index is 10.8. The van der Waals surface area contributed by atoms with Crippen molar-refractivity contribution in [2.45, 2.75) is 6.92 Å². The third kappa shape index (κ3) is 4.64. The topological polar surface area (TPSA) is 54.0 Å². The Morgan fingerprint density at radius 2 is 1.48 bits per heavy atom. The van der Waals surface area contributed by atoms with Crippen LogP contribution in [-0.4, -0.2) is 33.2 Å². The molecule has 0 spiro atoms. The van der Waals surface area contributed by atoms with E-state index in [1.807, 2.05) is 31.2 Å². The lowest BCUT2D eigenvalue weighted by atomic mass is 10.2. The zero-order valence-electron chi connectivity index (χ0n) is 13.3. The van der Waals surface area contributed by atoms with Crippen LogP contribution in [0.4, 0.5) is 0 Å². The van der Waals surface area contributed by atoms with Crippen molar-refractivity contribution in [2.75, 3.05) is 26.9 Å². The molecule has 0 unspecified atom stereocenters. The Bertz CT molecular complexity index is 639. The second-order valence-corrected chi connectivity index (χ2v) is 4.60. The zero-order chi connectivity index (χ0) is 16.5. The van der Waals surface area contributed by atoms with Gasteiger partial charge in [0.15, 0.2) is 23.0 Å². The van der Waals surface area contributed by atoms with Gasteiger partial charge in [0.1, 0.15) is 19.5 Å². The summed E-state index contributed by atoms with van der Waals surface area (Å²) in [5.41, 5.74) is 0.538. The largest absolute Gasteiger partial charge is 0.493 e. The summed E-state index contributed by atoms with van der Waals surface area (Å²) >= 11 is 0. The van der Waals surface area contributed by atoms with E-state index < -0.39 is 0 Å². The molecule has 0 saturated heterocycles. The maximum absolute atomic E-state index is 10.8. The first-order valence-corrected chi connectivity index (χ1v) is 7.39. The van der Waals surface area contributed by atoms with Crippen molar-refractivity contribution in [1.29, 1.82) is 0 Å². The van der Waals surface area contributed by atoms with E-state index in [0.717, 1.165) is 6.29 Å². The normalized spacial score (nSPS) is 10.0. The van der Waals surface area contributed by atoms with Crippen LogP contribution in [0.3, 0.4) is 0 Å². The first-order chi connectivity index (χ1) is 11.3. The quantitative estimate of drug-likeness (QED) is 0.524. The molecule has 2 aromatic rings. The van der Waals surface area contributed by atoms with Gasteiger partial charge < -0.3 is 18.9 Å². The third-order valence-electron chi connectivity index (χ3n) is 3.07. The molecule has 0 aromatic heterocycles. The van der Waals surface area contributed by atoms with Gasteiger partial charge in [-0.2, -0.15) is 0 Å². The van der Waals surface area contributed by atoms with Crippen molar-refractivity contribution >= 4 is 6.29 Å². The van der Waals surface area contributed by atoms with E-state index in [4.69, 9.17) is 18.9 Å². The van der Waals surface area contributed by atoms with Gasteiger partial charge in [0.25, 0.3) is 0 Å². The van der Waals surface area contributed by atoms with E-state index in [2.05, 4.69) is 0 Å². The van der Waals surface area contributed by atoms with Crippen LogP contribution >= 0.6 is 0 Å². The van der Waals surface area contributed by atoms with Crippen LogP contribution in [0.15, 0.2) is 42.5 Å². The molecule has 0 bridgehead atoms. The molecule has 0 fully saturated rings. The Hall–Kier alpha value is -2.69. The number of carbonyl (C=O) groups is 1. The van der Waals surface area contributed by atoms with Gasteiger partial charge in [-0.25, -0.2) is 0 Å². The molecule has 0 aliphatic carbocycles. The summed E-state index contributed by atoms with van der Waals surface area (Å²) in [5.74, 6) is 2.48. The molecule has 122 valence electrons. The number of para-hydroxylation sites is 2. The third-order valence-corrected chi connectivity index (χ3v) is 3.07. The number of ether oxygens (including phenoxy) is 4. The minimum absolute atomic E-state index is 0.344. The van der Waals surface area contributed by atoms with Gasteiger partial charge in [-0.1, -0.05) is 12.1 Å². The molecule has 0 radical (unpaired) electrons. The number of hydrogen-bond donors (Lipinski definition) is 0. The molecule has 0 aliphatic rings. The van der Waals surface area contributed by atoms with E-state index >= 15 is 0 Å². The number of benzene rings is 2. The average molecular weight is 316 g/mol. The highest BCUT2D eigenvalue weighted by molar-refractivity contribution is 5.76. The first-order valence-electron chi connectivity index (χ1n) is 7.39. The molecule has 0 heterocycles. The molecule has 2 aromatic carbocycles.